The lowest BCUT2D eigenvalue weighted by molar-refractivity contribution is 0.571. The fourth-order valence-corrected chi connectivity index (χ4v) is 2.70. The Morgan fingerprint density at radius 1 is 1.20 bits per heavy atom. The second-order valence-corrected chi connectivity index (χ2v) is 5.60. The number of nitrogen functional groups attached to an aromatic ring is 1. The Balaban J connectivity index is 2.22. The Bertz CT molecular complexity index is 706. The number of aromatic nitrogens is 1. The van der Waals surface area contributed by atoms with E-state index in [1.54, 1.807) is 12.1 Å². The maximum Gasteiger partial charge on any atom is 0.260 e. The van der Waals surface area contributed by atoms with Gasteiger partial charge in [-0.2, -0.15) is 0 Å². The van der Waals surface area contributed by atoms with Gasteiger partial charge >= 0.3 is 0 Å². The van der Waals surface area contributed by atoms with Gasteiger partial charge in [0, 0.05) is 18.3 Å². The molecule has 0 atom stereocenters. The standard InChI is InChI=1S/C12H13FN4O2S/c13-10-5-2-1-4-9(10)8-16-20(18,19)12-11(17-14)6-3-7-15-12/h1-7,16-17H,8,14H2. The van der Waals surface area contributed by atoms with Crippen LogP contribution >= 0.6 is 0 Å². The lowest BCUT2D eigenvalue weighted by Gasteiger charge is -2.10. The molecule has 1 heterocycles. The number of pyridine rings is 1. The zero-order valence-corrected chi connectivity index (χ0v) is 11.2. The molecule has 4 N–H and O–H groups in total. The Morgan fingerprint density at radius 3 is 2.65 bits per heavy atom. The van der Waals surface area contributed by atoms with Gasteiger partial charge in [-0.1, -0.05) is 18.2 Å². The van der Waals surface area contributed by atoms with Gasteiger partial charge in [0.2, 0.25) is 0 Å². The fraction of sp³-hybridized carbons (Fsp3) is 0.0833. The zero-order valence-electron chi connectivity index (χ0n) is 10.4. The van der Waals surface area contributed by atoms with Crippen molar-refractivity contribution in [2.75, 3.05) is 5.43 Å². The van der Waals surface area contributed by atoms with Crippen molar-refractivity contribution >= 4 is 15.7 Å². The van der Waals surface area contributed by atoms with E-state index < -0.39 is 15.8 Å². The molecule has 0 aliphatic rings. The number of anilines is 1. The van der Waals surface area contributed by atoms with E-state index >= 15 is 0 Å². The van der Waals surface area contributed by atoms with Crippen LogP contribution in [0.15, 0.2) is 47.6 Å². The maximum atomic E-state index is 13.4. The topological polar surface area (TPSA) is 97.1 Å². The fourth-order valence-electron chi connectivity index (χ4n) is 1.60. The molecule has 0 unspecified atom stereocenters. The van der Waals surface area contributed by atoms with Crippen molar-refractivity contribution in [1.82, 2.24) is 9.71 Å². The summed E-state index contributed by atoms with van der Waals surface area (Å²) in [6.07, 6.45) is 1.33. The largest absolute Gasteiger partial charge is 0.321 e. The van der Waals surface area contributed by atoms with Gasteiger partial charge in [0.15, 0.2) is 5.03 Å². The molecule has 1 aromatic carbocycles. The number of nitrogens with two attached hydrogens (primary N) is 1. The summed E-state index contributed by atoms with van der Waals surface area (Å²) in [5.41, 5.74) is 2.66. The van der Waals surface area contributed by atoms with Crippen LogP contribution in [0.1, 0.15) is 5.56 Å². The zero-order chi connectivity index (χ0) is 14.6. The summed E-state index contributed by atoms with van der Waals surface area (Å²) in [7, 11) is -3.89. The van der Waals surface area contributed by atoms with Gasteiger partial charge in [0.1, 0.15) is 5.82 Å². The van der Waals surface area contributed by atoms with Crippen LogP contribution in [0.25, 0.3) is 0 Å². The Labute approximate surface area is 115 Å². The molecule has 2 rings (SSSR count). The normalized spacial score (nSPS) is 11.3. The first kappa shape index (κ1) is 14.4. The number of benzene rings is 1. The van der Waals surface area contributed by atoms with Crippen LogP contribution in [0.2, 0.25) is 0 Å². The second kappa shape index (κ2) is 5.95. The molecule has 0 fully saturated rings. The average molecular weight is 296 g/mol. The number of halogens is 1. The molecule has 0 aliphatic carbocycles. The van der Waals surface area contributed by atoms with Crippen LogP contribution in [-0.4, -0.2) is 13.4 Å². The molecule has 2 aromatic rings. The Hall–Kier alpha value is -2.03. The van der Waals surface area contributed by atoms with Crippen LogP contribution < -0.4 is 16.0 Å². The van der Waals surface area contributed by atoms with Gasteiger partial charge in [-0.25, -0.2) is 22.5 Å². The third-order valence-electron chi connectivity index (χ3n) is 2.59. The van der Waals surface area contributed by atoms with Crippen LogP contribution in [0.3, 0.4) is 0 Å². The van der Waals surface area contributed by atoms with Crippen LogP contribution in [0, 0.1) is 5.82 Å². The van der Waals surface area contributed by atoms with E-state index in [0.717, 1.165) is 0 Å². The molecule has 6 nitrogen and oxygen atoms in total. The van der Waals surface area contributed by atoms with E-state index in [1.165, 1.54) is 30.5 Å². The smallest absolute Gasteiger partial charge is 0.260 e. The van der Waals surface area contributed by atoms with E-state index in [9.17, 15) is 12.8 Å². The number of nitrogens with zero attached hydrogens (tertiary/aromatic N) is 1. The average Bonchev–Trinajstić information content (AvgIpc) is 2.46. The van der Waals surface area contributed by atoms with Crippen molar-refractivity contribution in [1.29, 1.82) is 0 Å². The van der Waals surface area contributed by atoms with Gasteiger partial charge in [-0.15, -0.1) is 0 Å². The summed E-state index contributed by atoms with van der Waals surface area (Å²) < 4.78 is 39.9. The predicted octanol–water partition coefficient (Wildman–Crippen LogP) is 0.985. The summed E-state index contributed by atoms with van der Waals surface area (Å²) in [6.45, 7) is -0.171. The number of rotatable bonds is 5. The SMILES string of the molecule is NNc1cccnc1S(=O)(=O)NCc1ccccc1F. The van der Waals surface area contributed by atoms with Gasteiger partial charge < -0.3 is 5.43 Å². The van der Waals surface area contributed by atoms with Crippen molar-refractivity contribution < 1.29 is 12.8 Å². The molecule has 1 aromatic heterocycles. The highest BCUT2D eigenvalue weighted by atomic mass is 32.2. The molecule has 0 spiro atoms. The van der Waals surface area contributed by atoms with Crippen molar-refractivity contribution in [3.05, 3.63) is 54.0 Å². The van der Waals surface area contributed by atoms with Crippen molar-refractivity contribution in [3.8, 4) is 0 Å². The minimum atomic E-state index is -3.89. The second-order valence-electron chi connectivity index (χ2n) is 3.92. The van der Waals surface area contributed by atoms with E-state index in [1.807, 2.05) is 0 Å². The molecular formula is C12H13FN4O2S. The van der Waals surface area contributed by atoms with Crippen LogP contribution in [0.5, 0.6) is 0 Å². The summed E-state index contributed by atoms with van der Waals surface area (Å²) >= 11 is 0. The highest BCUT2D eigenvalue weighted by Gasteiger charge is 2.19. The van der Waals surface area contributed by atoms with Gasteiger partial charge in [-0.05, 0) is 18.2 Å². The molecule has 106 valence electrons. The lowest BCUT2D eigenvalue weighted by atomic mass is 10.2. The monoisotopic (exact) mass is 296 g/mol. The molecule has 0 bridgehead atoms. The lowest BCUT2D eigenvalue weighted by Crippen LogP contribution is -2.26. The van der Waals surface area contributed by atoms with E-state index in [-0.39, 0.29) is 22.8 Å². The number of hydrogen-bond donors (Lipinski definition) is 3. The Morgan fingerprint density at radius 2 is 1.95 bits per heavy atom. The van der Waals surface area contributed by atoms with Gasteiger partial charge in [-0.3, -0.25) is 5.84 Å². The van der Waals surface area contributed by atoms with Gasteiger partial charge in [0.25, 0.3) is 10.0 Å². The quantitative estimate of drug-likeness (QED) is 0.564. The Kier molecular flexibility index (Phi) is 4.28. The minimum absolute atomic E-state index is 0.161. The van der Waals surface area contributed by atoms with E-state index in [4.69, 9.17) is 5.84 Å². The molecule has 0 amide bonds. The third kappa shape index (κ3) is 3.10. The first-order valence-electron chi connectivity index (χ1n) is 5.69. The van der Waals surface area contributed by atoms with Crippen LogP contribution in [-0.2, 0) is 16.6 Å². The van der Waals surface area contributed by atoms with Crippen molar-refractivity contribution in [2.45, 2.75) is 11.6 Å². The molecule has 0 saturated carbocycles. The molecule has 0 saturated heterocycles. The van der Waals surface area contributed by atoms with E-state index in [0.29, 0.717) is 0 Å². The summed E-state index contributed by atoms with van der Waals surface area (Å²) in [4.78, 5) is 3.77. The third-order valence-corrected chi connectivity index (χ3v) is 3.95. The number of hydrogen-bond acceptors (Lipinski definition) is 5. The summed E-state index contributed by atoms with van der Waals surface area (Å²) in [5.74, 6) is 4.76. The van der Waals surface area contributed by atoms with Crippen molar-refractivity contribution in [2.24, 2.45) is 5.84 Å². The number of hydrazine groups is 1. The van der Waals surface area contributed by atoms with Crippen molar-refractivity contribution in [3.63, 3.8) is 0 Å². The minimum Gasteiger partial charge on any atom is -0.321 e. The van der Waals surface area contributed by atoms with Gasteiger partial charge in [0.05, 0.1) is 5.69 Å². The highest BCUT2D eigenvalue weighted by Crippen LogP contribution is 2.17. The predicted molar refractivity (Wildman–Crippen MR) is 72.5 cm³/mol. The summed E-state index contributed by atoms with van der Waals surface area (Å²) in [6, 6.07) is 8.94. The number of nitrogens with one attached hydrogen (secondary N) is 2. The highest BCUT2D eigenvalue weighted by molar-refractivity contribution is 7.89. The molecule has 8 heteroatoms. The maximum absolute atomic E-state index is 13.4. The van der Waals surface area contributed by atoms with E-state index in [2.05, 4.69) is 15.1 Å². The van der Waals surface area contributed by atoms with Crippen LogP contribution in [0.4, 0.5) is 10.1 Å². The first-order valence-corrected chi connectivity index (χ1v) is 7.17. The molecular weight excluding hydrogens is 283 g/mol. The molecule has 0 aliphatic heterocycles. The summed E-state index contributed by atoms with van der Waals surface area (Å²) in [5, 5.41) is -0.237. The molecule has 0 radical (unpaired) electrons. The first-order chi connectivity index (χ1) is 9.54. The number of sulfonamides is 1. The molecule has 20 heavy (non-hydrogen) atoms.